The minimum Gasteiger partial charge on any atom is -0.490 e. The van der Waals surface area contributed by atoms with E-state index in [0.29, 0.717) is 19.8 Å². The molecule has 1 aromatic rings. The largest absolute Gasteiger partial charge is 0.490 e. The van der Waals surface area contributed by atoms with Crippen molar-refractivity contribution < 1.29 is 24.4 Å². The number of benzene rings is 1. The highest BCUT2D eigenvalue weighted by molar-refractivity contribution is 9.10. The molecular formula is C16H27BrN2O3+2. The third kappa shape index (κ3) is 6.22. The van der Waals surface area contributed by atoms with E-state index in [4.69, 9.17) is 9.47 Å². The summed E-state index contributed by atoms with van der Waals surface area (Å²) < 4.78 is 12.1. The summed E-state index contributed by atoms with van der Waals surface area (Å²) in [6.07, 6.45) is -0.392. The van der Waals surface area contributed by atoms with Gasteiger partial charge in [-0.15, -0.1) is 0 Å². The van der Waals surface area contributed by atoms with E-state index in [0.717, 1.165) is 29.9 Å². The molecular weight excluding hydrogens is 348 g/mol. The minimum absolute atomic E-state index is 0.380. The number of likely N-dealkylation sites (N-methyl/N-ethyl adjacent to an activating group) is 1. The van der Waals surface area contributed by atoms with Crippen molar-refractivity contribution in [1.29, 1.82) is 0 Å². The first-order chi connectivity index (χ1) is 10.6. The van der Waals surface area contributed by atoms with Gasteiger partial charge in [0.15, 0.2) is 0 Å². The summed E-state index contributed by atoms with van der Waals surface area (Å²) in [5, 5.41) is 10.0. The number of piperazine rings is 1. The molecule has 1 aromatic carbocycles. The zero-order valence-corrected chi connectivity index (χ0v) is 14.8. The molecule has 1 fully saturated rings. The van der Waals surface area contributed by atoms with Gasteiger partial charge in [-0.2, -0.15) is 0 Å². The van der Waals surface area contributed by atoms with Gasteiger partial charge in [0.25, 0.3) is 0 Å². The first-order valence-corrected chi connectivity index (χ1v) is 8.72. The molecule has 1 aliphatic heterocycles. The molecule has 6 heteroatoms. The van der Waals surface area contributed by atoms with Gasteiger partial charge in [0.1, 0.15) is 51.2 Å². The van der Waals surface area contributed by atoms with E-state index in [-0.39, 0.29) is 0 Å². The quantitative estimate of drug-likeness (QED) is 0.491. The Labute approximate surface area is 140 Å². The van der Waals surface area contributed by atoms with Crippen molar-refractivity contribution in [2.24, 2.45) is 0 Å². The molecule has 3 N–H and O–H groups in total. The highest BCUT2D eigenvalue weighted by Crippen LogP contribution is 2.23. The van der Waals surface area contributed by atoms with Crippen molar-refractivity contribution in [3.05, 3.63) is 28.7 Å². The molecule has 2 rings (SSSR count). The monoisotopic (exact) mass is 374 g/mol. The van der Waals surface area contributed by atoms with Crippen molar-refractivity contribution in [3.8, 4) is 5.75 Å². The number of aliphatic hydroxyl groups excluding tert-OH is 1. The van der Waals surface area contributed by atoms with Crippen LogP contribution in [0.1, 0.15) is 0 Å². The average Bonchev–Trinajstić information content (AvgIpc) is 2.51. The van der Waals surface area contributed by atoms with Gasteiger partial charge in [-0.1, -0.05) is 12.1 Å². The fourth-order valence-electron chi connectivity index (χ4n) is 2.62. The molecule has 0 aromatic heterocycles. The van der Waals surface area contributed by atoms with Gasteiger partial charge in [0.2, 0.25) is 0 Å². The zero-order valence-electron chi connectivity index (χ0n) is 13.2. The standard InChI is InChI=1S/C16H25BrN2O3/c1-18-6-8-19(9-7-18)12-14(20)13-21-10-11-22-16-5-3-2-4-15(16)17/h2-5,14,20H,6-13H2,1H3/p+2/t14-/m1/s1. The van der Waals surface area contributed by atoms with Gasteiger partial charge in [0, 0.05) is 0 Å². The van der Waals surface area contributed by atoms with Gasteiger partial charge in [-0.05, 0) is 28.1 Å². The Balaban J connectivity index is 1.54. The third-order valence-electron chi connectivity index (χ3n) is 3.97. The van der Waals surface area contributed by atoms with Gasteiger partial charge >= 0.3 is 0 Å². The van der Waals surface area contributed by atoms with E-state index in [2.05, 4.69) is 23.0 Å². The molecule has 0 spiro atoms. The normalized spacial score (nSPS) is 23.2. The molecule has 1 atom stereocenters. The maximum Gasteiger partial charge on any atom is 0.133 e. The lowest BCUT2D eigenvalue weighted by atomic mass is 10.3. The summed E-state index contributed by atoms with van der Waals surface area (Å²) in [6.45, 7) is 6.76. The molecule has 0 amide bonds. The number of hydrogen-bond acceptors (Lipinski definition) is 3. The van der Waals surface area contributed by atoms with Gasteiger partial charge in [0.05, 0.1) is 24.7 Å². The van der Waals surface area contributed by atoms with Crippen LogP contribution in [-0.2, 0) is 4.74 Å². The number of nitrogens with one attached hydrogen (secondary N) is 2. The Morgan fingerprint density at radius 1 is 1.18 bits per heavy atom. The number of halogens is 1. The molecule has 1 saturated heterocycles. The van der Waals surface area contributed by atoms with Gasteiger partial charge in [-0.25, -0.2) is 0 Å². The summed E-state index contributed by atoms with van der Waals surface area (Å²) >= 11 is 3.44. The van der Waals surface area contributed by atoms with Crippen molar-refractivity contribution in [3.63, 3.8) is 0 Å². The number of aliphatic hydroxyl groups is 1. The third-order valence-corrected chi connectivity index (χ3v) is 4.62. The summed E-state index contributed by atoms with van der Waals surface area (Å²) in [7, 11) is 2.22. The summed E-state index contributed by atoms with van der Waals surface area (Å²) in [5.74, 6) is 0.816. The van der Waals surface area contributed by atoms with E-state index in [1.165, 1.54) is 18.0 Å². The lowest BCUT2D eigenvalue weighted by Gasteiger charge is -2.28. The van der Waals surface area contributed by atoms with Gasteiger partial charge in [-0.3, -0.25) is 0 Å². The van der Waals surface area contributed by atoms with Crippen molar-refractivity contribution in [2.45, 2.75) is 6.10 Å². The maximum atomic E-state index is 10.0. The molecule has 0 unspecified atom stereocenters. The van der Waals surface area contributed by atoms with E-state index in [9.17, 15) is 5.11 Å². The van der Waals surface area contributed by atoms with Crippen LogP contribution < -0.4 is 14.5 Å². The minimum atomic E-state index is -0.392. The SMILES string of the molecule is C[NH+]1CC[NH+](C[C@@H](O)COCCOc2ccccc2Br)CC1. The summed E-state index contributed by atoms with van der Waals surface area (Å²) in [4.78, 5) is 3.06. The van der Waals surface area contributed by atoms with Crippen LogP contribution in [0.4, 0.5) is 0 Å². The second-order valence-electron chi connectivity index (χ2n) is 5.92. The van der Waals surface area contributed by atoms with Crippen molar-refractivity contribution >= 4 is 15.9 Å². The van der Waals surface area contributed by atoms with E-state index < -0.39 is 6.10 Å². The Morgan fingerprint density at radius 2 is 1.91 bits per heavy atom. The van der Waals surface area contributed by atoms with Crippen LogP contribution in [0.15, 0.2) is 28.7 Å². The molecule has 124 valence electrons. The highest BCUT2D eigenvalue weighted by atomic mass is 79.9. The second-order valence-corrected chi connectivity index (χ2v) is 6.77. The first kappa shape index (κ1) is 17.7. The Morgan fingerprint density at radius 3 is 2.64 bits per heavy atom. The smallest absolute Gasteiger partial charge is 0.133 e. The first-order valence-electron chi connectivity index (χ1n) is 7.93. The molecule has 0 bridgehead atoms. The lowest BCUT2D eigenvalue weighted by molar-refractivity contribution is -1.00. The van der Waals surface area contributed by atoms with Crippen molar-refractivity contribution in [2.75, 3.05) is 59.6 Å². The second kappa shape index (κ2) is 9.47. The van der Waals surface area contributed by atoms with E-state index >= 15 is 0 Å². The predicted molar refractivity (Wildman–Crippen MR) is 88.6 cm³/mol. The molecule has 1 heterocycles. The average molecular weight is 375 g/mol. The van der Waals surface area contributed by atoms with Crippen molar-refractivity contribution in [1.82, 2.24) is 0 Å². The van der Waals surface area contributed by atoms with Gasteiger partial charge < -0.3 is 24.4 Å². The topological polar surface area (TPSA) is 47.6 Å². The zero-order chi connectivity index (χ0) is 15.8. The Bertz CT molecular complexity index is 439. The number of rotatable bonds is 8. The Hall–Kier alpha value is -0.660. The molecule has 0 saturated carbocycles. The van der Waals surface area contributed by atoms with Crippen LogP contribution in [0.25, 0.3) is 0 Å². The Kier molecular flexibility index (Phi) is 7.62. The van der Waals surface area contributed by atoms with Crippen LogP contribution >= 0.6 is 15.9 Å². The fraction of sp³-hybridized carbons (Fsp3) is 0.625. The molecule has 0 aliphatic carbocycles. The van der Waals surface area contributed by atoms with Crippen LogP contribution in [0.3, 0.4) is 0 Å². The van der Waals surface area contributed by atoms with Crippen LogP contribution in [-0.4, -0.2) is 70.8 Å². The summed E-state index contributed by atoms with van der Waals surface area (Å²) in [5.41, 5.74) is 0. The fourth-order valence-corrected chi connectivity index (χ4v) is 3.02. The molecule has 0 radical (unpaired) electrons. The summed E-state index contributed by atoms with van der Waals surface area (Å²) in [6, 6.07) is 7.75. The van der Waals surface area contributed by atoms with Crippen LogP contribution in [0, 0.1) is 0 Å². The predicted octanol–water partition coefficient (Wildman–Crippen LogP) is -1.38. The van der Waals surface area contributed by atoms with Crippen LogP contribution in [0.2, 0.25) is 0 Å². The molecule has 1 aliphatic rings. The number of hydrogen-bond donors (Lipinski definition) is 3. The van der Waals surface area contributed by atoms with Crippen LogP contribution in [0.5, 0.6) is 5.75 Å². The highest BCUT2D eigenvalue weighted by Gasteiger charge is 2.22. The molecule has 5 nitrogen and oxygen atoms in total. The van der Waals surface area contributed by atoms with E-state index in [1.807, 2.05) is 24.3 Å². The number of quaternary nitrogens is 2. The van der Waals surface area contributed by atoms with E-state index in [1.54, 1.807) is 4.90 Å². The maximum absolute atomic E-state index is 10.0. The number of para-hydroxylation sites is 1. The lowest BCUT2D eigenvalue weighted by Crippen LogP contribution is -3.27. The molecule has 22 heavy (non-hydrogen) atoms. The number of ether oxygens (including phenoxy) is 2.